The van der Waals surface area contributed by atoms with Crippen molar-refractivity contribution in [3.05, 3.63) is 71.0 Å². The molecule has 3 aromatic rings. The molecule has 25 heavy (non-hydrogen) atoms. The van der Waals surface area contributed by atoms with Gasteiger partial charge in [0.2, 0.25) is 0 Å². The predicted octanol–water partition coefficient (Wildman–Crippen LogP) is 3.15. The van der Waals surface area contributed by atoms with Crippen LogP contribution in [0.4, 0.5) is 4.39 Å². The van der Waals surface area contributed by atoms with Gasteiger partial charge in [-0.3, -0.25) is 0 Å². The Morgan fingerprint density at radius 3 is 2.60 bits per heavy atom. The van der Waals surface area contributed by atoms with Crippen LogP contribution < -0.4 is 0 Å². The Morgan fingerprint density at radius 2 is 1.92 bits per heavy atom. The fourth-order valence-electron chi connectivity index (χ4n) is 2.98. The van der Waals surface area contributed by atoms with Crippen molar-refractivity contribution in [2.45, 2.75) is 18.2 Å². The van der Waals surface area contributed by atoms with Gasteiger partial charge in [0.25, 0.3) is 0 Å². The number of aromatic nitrogens is 3. The van der Waals surface area contributed by atoms with Crippen molar-refractivity contribution in [3.63, 3.8) is 0 Å². The molecule has 0 saturated carbocycles. The minimum atomic E-state index is -0.825. The number of halogens is 2. The second-order valence-corrected chi connectivity index (χ2v) is 6.26. The standard InChI is InChI=1S/C17H13ClFN3O3/c18-13-6-15(24)14(23)5-12(13)16-17(25-16,7-22-9-20-8-21-22)10-1-3-11(19)4-2-10/h1-6,8-9,16,23-24H,7H2. The van der Waals surface area contributed by atoms with Crippen LogP contribution >= 0.6 is 11.6 Å². The Morgan fingerprint density at radius 1 is 1.20 bits per heavy atom. The van der Waals surface area contributed by atoms with Crippen LogP contribution in [-0.4, -0.2) is 25.0 Å². The van der Waals surface area contributed by atoms with Crippen LogP contribution in [-0.2, 0) is 16.9 Å². The summed E-state index contributed by atoms with van der Waals surface area (Å²) in [6.45, 7) is 0.335. The van der Waals surface area contributed by atoms with Crippen molar-refractivity contribution < 1.29 is 19.3 Å². The van der Waals surface area contributed by atoms with E-state index < -0.39 is 11.7 Å². The van der Waals surface area contributed by atoms with E-state index in [1.165, 1.54) is 30.6 Å². The van der Waals surface area contributed by atoms with Gasteiger partial charge in [0.1, 0.15) is 30.2 Å². The largest absolute Gasteiger partial charge is 0.504 e. The Bertz CT molecular complexity index is 918. The van der Waals surface area contributed by atoms with E-state index >= 15 is 0 Å². The topological polar surface area (TPSA) is 83.7 Å². The molecule has 2 atom stereocenters. The molecule has 8 heteroatoms. The van der Waals surface area contributed by atoms with Gasteiger partial charge < -0.3 is 14.9 Å². The minimum absolute atomic E-state index is 0.267. The van der Waals surface area contributed by atoms with Crippen molar-refractivity contribution in [2.24, 2.45) is 0 Å². The number of ether oxygens (including phenoxy) is 1. The van der Waals surface area contributed by atoms with Crippen LogP contribution in [0.25, 0.3) is 0 Å². The van der Waals surface area contributed by atoms with Gasteiger partial charge in [-0.05, 0) is 23.8 Å². The molecule has 1 fully saturated rings. The summed E-state index contributed by atoms with van der Waals surface area (Å²) in [7, 11) is 0. The Balaban J connectivity index is 1.76. The first-order valence-corrected chi connectivity index (χ1v) is 7.85. The second-order valence-electron chi connectivity index (χ2n) is 5.85. The van der Waals surface area contributed by atoms with Gasteiger partial charge in [-0.15, -0.1) is 0 Å². The monoisotopic (exact) mass is 361 g/mol. The lowest BCUT2D eigenvalue weighted by Crippen LogP contribution is -2.19. The molecule has 1 aliphatic rings. The molecule has 2 unspecified atom stereocenters. The molecule has 2 heterocycles. The zero-order valence-corrected chi connectivity index (χ0v) is 13.6. The average Bonchev–Trinajstić information content (AvgIpc) is 3.05. The second kappa shape index (κ2) is 5.72. The van der Waals surface area contributed by atoms with Gasteiger partial charge in [-0.25, -0.2) is 14.1 Å². The third-order valence-corrected chi connectivity index (χ3v) is 4.59. The van der Waals surface area contributed by atoms with Crippen LogP contribution in [0, 0.1) is 5.82 Å². The minimum Gasteiger partial charge on any atom is -0.504 e. The summed E-state index contributed by atoms with van der Waals surface area (Å²) in [5.74, 6) is -0.945. The molecule has 0 radical (unpaired) electrons. The summed E-state index contributed by atoms with van der Waals surface area (Å²) in [4.78, 5) is 3.92. The van der Waals surface area contributed by atoms with E-state index in [1.54, 1.807) is 23.1 Å². The smallest absolute Gasteiger partial charge is 0.158 e. The van der Waals surface area contributed by atoms with Crippen molar-refractivity contribution in [1.82, 2.24) is 14.8 Å². The molecule has 1 saturated heterocycles. The lowest BCUT2D eigenvalue weighted by atomic mass is 9.91. The molecule has 0 bridgehead atoms. The van der Waals surface area contributed by atoms with Crippen LogP contribution in [0.3, 0.4) is 0 Å². The van der Waals surface area contributed by atoms with E-state index in [0.29, 0.717) is 12.1 Å². The number of phenolic OH excluding ortho intramolecular Hbond substituents is 2. The van der Waals surface area contributed by atoms with E-state index in [2.05, 4.69) is 10.1 Å². The average molecular weight is 362 g/mol. The lowest BCUT2D eigenvalue weighted by Gasteiger charge is -2.14. The number of phenols is 2. The lowest BCUT2D eigenvalue weighted by molar-refractivity contribution is 0.262. The van der Waals surface area contributed by atoms with E-state index in [9.17, 15) is 14.6 Å². The van der Waals surface area contributed by atoms with Crippen LogP contribution in [0.15, 0.2) is 49.1 Å². The van der Waals surface area contributed by atoms with Crippen LogP contribution in [0.2, 0.25) is 5.02 Å². The summed E-state index contributed by atoms with van der Waals surface area (Å²) in [6.07, 6.45) is 2.48. The molecule has 4 rings (SSSR count). The highest BCUT2D eigenvalue weighted by Gasteiger charge is 2.59. The Labute approximate surface area is 147 Å². The number of nitrogens with zero attached hydrogens (tertiary/aromatic N) is 3. The molecule has 6 nitrogen and oxygen atoms in total. The SMILES string of the molecule is Oc1cc(Cl)c(C2OC2(Cn2cncn2)c2ccc(F)cc2)cc1O. The van der Waals surface area contributed by atoms with E-state index in [4.69, 9.17) is 16.3 Å². The maximum Gasteiger partial charge on any atom is 0.158 e. The first kappa shape index (κ1) is 15.9. The van der Waals surface area contributed by atoms with Crippen LogP contribution in [0.1, 0.15) is 17.2 Å². The number of hydrogen-bond acceptors (Lipinski definition) is 5. The fraction of sp³-hybridized carbons (Fsp3) is 0.176. The molecule has 2 aromatic carbocycles. The highest BCUT2D eigenvalue weighted by atomic mass is 35.5. The van der Waals surface area contributed by atoms with Gasteiger partial charge in [-0.1, -0.05) is 23.7 Å². The van der Waals surface area contributed by atoms with Gasteiger partial charge in [-0.2, -0.15) is 5.10 Å². The molecule has 0 aliphatic carbocycles. The highest BCUT2D eigenvalue weighted by molar-refractivity contribution is 6.31. The summed E-state index contributed by atoms with van der Waals surface area (Å²) < 4.78 is 20.9. The van der Waals surface area contributed by atoms with Gasteiger partial charge in [0.05, 0.1) is 11.6 Å². The summed E-state index contributed by atoms with van der Waals surface area (Å²) >= 11 is 6.21. The molecule has 0 spiro atoms. The third-order valence-electron chi connectivity index (χ3n) is 4.27. The van der Waals surface area contributed by atoms with E-state index in [0.717, 1.165) is 5.56 Å². The molecule has 1 aliphatic heterocycles. The number of hydrogen-bond donors (Lipinski definition) is 2. The molecule has 2 N–H and O–H groups in total. The van der Waals surface area contributed by atoms with Crippen molar-refractivity contribution in [3.8, 4) is 11.5 Å². The number of aromatic hydroxyl groups is 2. The van der Waals surface area contributed by atoms with Crippen molar-refractivity contribution in [1.29, 1.82) is 0 Å². The first-order valence-electron chi connectivity index (χ1n) is 7.47. The summed E-state index contributed by atoms with van der Waals surface area (Å²) in [5.41, 5.74) is 0.452. The maximum absolute atomic E-state index is 13.3. The quantitative estimate of drug-likeness (QED) is 0.551. The van der Waals surface area contributed by atoms with Gasteiger partial charge in [0.15, 0.2) is 11.5 Å². The first-order chi connectivity index (χ1) is 12.0. The molecular weight excluding hydrogens is 349 g/mol. The molecule has 128 valence electrons. The third kappa shape index (κ3) is 2.71. The zero-order valence-electron chi connectivity index (χ0n) is 12.8. The fourth-order valence-corrected chi connectivity index (χ4v) is 3.23. The Kier molecular flexibility index (Phi) is 3.63. The van der Waals surface area contributed by atoms with Crippen molar-refractivity contribution in [2.75, 3.05) is 0 Å². The Hall–Kier alpha value is -2.64. The predicted molar refractivity (Wildman–Crippen MR) is 86.7 cm³/mol. The maximum atomic E-state index is 13.3. The summed E-state index contributed by atoms with van der Waals surface area (Å²) in [6, 6.07) is 8.62. The number of rotatable bonds is 4. The van der Waals surface area contributed by atoms with Gasteiger partial charge >= 0.3 is 0 Å². The van der Waals surface area contributed by atoms with E-state index in [1.807, 2.05) is 0 Å². The van der Waals surface area contributed by atoms with Gasteiger partial charge in [0, 0.05) is 11.6 Å². The molecule has 0 amide bonds. The zero-order chi connectivity index (χ0) is 17.6. The number of epoxide rings is 1. The molecule has 1 aromatic heterocycles. The normalized spacial score (nSPS) is 22.1. The van der Waals surface area contributed by atoms with Crippen molar-refractivity contribution >= 4 is 11.6 Å². The highest BCUT2D eigenvalue weighted by Crippen LogP contribution is 2.60. The molecular formula is C17H13ClFN3O3. The van der Waals surface area contributed by atoms with E-state index in [-0.39, 0.29) is 22.3 Å². The summed E-state index contributed by atoms with van der Waals surface area (Å²) in [5, 5.41) is 23.7. The number of benzene rings is 2. The van der Waals surface area contributed by atoms with Crippen LogP contribution in [0.5, 0.6) is 11.5 Å².